The van der Waals surface area contributed by atoms with E-state index >= 15 is 0 Å². The largest absolute Gasteiger partial charge is 0.454 e. The highest BCUT2D eigenvalue weighted by molar-refractivity contribution is 6.05. The zero-order valence-electron chi connectivity index (χ0n) is 12.2. The predicted molar refractivity (Wildman–Crippen MR) is 83.3 cm³/mol. The van der Waals surface area contributed by atoms with Gasteiger partial charge in [0.15, 0.2) is 11.5 Å². The number of nitrogens with one attached hydrogen (secondary N) is 1. The van der Waals surface area contributed by atoms with Crippen molar-refractivity contribution in [3.63, 3.8) is 0 Å². The Morgan fingerprint density at radius 1 is 1.18 bits per heavy atom. The lowest BCUT2D eigenvalue weighted by molar-refractivity contribution is -0.119. The molecule has 2 aromatic carbocycles. The lowest BCUT2D eigenvalue weighted by atomic mass is 10.1. The number of amides is 1. The first-order valence-corrected chi connectivity index (χ1v) is 7.28. The smallest absolute Gasteiger partial charge is 0.249 e. The molecule has 0 radical (unpaired) electrons. The molecule has 0 fully saturated rings. The predicted octanol–water partition coefficient (Wildman–Crippen LogP) is 2.76. The molecule has 0 saturated carbocycles. The van der Waals surface area contributed by atoms with Crippen molar-refractivity contribution in [1.29, 1.82) is 0 Å². The Morgan fingerprint density at radius 3 is 2.68 bits per heavy atom. The van der Waals surface area contributed by atoms with Crippen LogP contribution in [0.3, 0.4) is 0 Å². The van der Waals surface area contributed by atoms with Gasteiger partial charge < -0.3 is 19.7 Å². The van der Waals surface area contributed by atoms with Gasteiger partial charge in [0.1, 0.15) is 6.04 Å². The number of rotatable bonds is 2. The molecule has 5 nitrogen and oxygen atoms in total. The third-order valence-corrected chi connectivity index (χ3v) is 3.97. The summed E-state index contributed by atoms with van der Waals surface area (Å²) in [6.45, 7) is 2.63. The normalized spacial score (nSPS) is 18.9. The quantitative estimate of drug-likeness (QED) is 0.926. The lowest BCUT2D eigenvalue weighted by Gasteiger charge is -2.34. The van der Waals surface area contributed by atoms with Crippen molar-refractivity contribution in [2.24, 2.45) is 0 Å². The van der Waals surface area contributed by atoms with E-state index in [0.717, 1.165) is 16.9 Å². The van der Waals surface area contributed by atoms with Crippen LogP contribution < -0.4 is 19.7 Å². The number of carbonyl (C=O) groups is 1. The Hall–Kier alpha value is -2.69. The van der Waals surface area contributed by atoms with E-state index in [2.05, 4.69) is 5.32 Å². The van der Waals surface area contributed by atoms with Crippen molar-refractivity contribution >= 4 is 17.3 Å². The Morgan fingerprint density at radius 2 is 1.91 bits per heavy atom. The van der Waals surface area contributed by atoms with Crippen LogP contribution in [-0.4, -0.2) is 18.7 Å². The third kappa shape index (κ3) is 2.06. The van der Waals surface area contributed by atoms with Crippen molar-refractivity contribution in [1.82, 2.24) is 0 Å². The van der Waals surface area contributed by atoms with Crippen LogP contribution in [-0.2, 0) is 11.3 Å². The molecule has 2 aliphatic heterocycles. The van der Waals surface area contributed by atoms with E-state index in [1.165, 1.54) is 0 Å². The third-order valence-electron chi connectivity index (χ3n) is 3.97. The maximum Gasteiger partial charge on any atom is 0.249 e. The molecule has 0 bridgehead atoms. The van der Waals surface area contributed by atoms with Crippen molar-refractivity contribution in [3.8, 4) is 11.5 Å². The number of nitrogens with zero attached hydrogens (tertiary/aromatic N) is 1. The molecule has 112 valence electrons. The lowest BCUT2D eigenvalue weighted by Crippen LogP contribution is -2.45. The monoisotopic (exact) mass is 296 g/mol. The zero-order chi connectivity index (χ0) is 15.1. The highest BCUT2D eigenvalue weighted by Gasteiger charge is 2.32. The Bertz CT molecular complexity index is 730. The van der Waals surface area contributed by atoms with E-state index in [0.29, 0.717) is 18.0 Å². The molecule has 2 aromatic rings. The van der Waals surface area contributed by atoms with E-state index in [1.54, 1.807) is 4.90 Å². The molecule has 0 aliphatic carbocycles. The molecule has 2 aliphatic rings. The van der Waals surface area contributed by atoms with E-state index in [-0.39, 0.29) is 18.7 Å². The topological polar surface area (TPSA) is 50.8 Å². The minimum Gasteiger partial charge on any atom is -0.454 e. The average molecular weight is 296 g/mol. The first kappa shape index (κ1) is 13.0. The fourth-order valence-electron chi connectivity index (χ4n) is 2.85. The van der Waals surface area contributed by atoms with Crippen molar-refractivity contribution in [3.05, 3.63) is 48.0 Å². The number of fused-ring (bicyclic) bond motifs is 2. The number of carbonyl (C=O) groups excluding carboxylic acids is 1. The second-order valence-corrected chi connectivity index (χ2v) is 5.50. The molecule has 1 N–H and O–H groups in total. The number of ether oxygens (including phenoxy) is 2. The molecule has 0 aromatic heterocycles. The van der Waals surface area contributed by atoms with Crippen LogP contribution in [0.1, 0.15) is 12.5 Å². The van der Waals surface area contributed by atoms with Gasteiger partial charge in [0.05, 0.1) is 17.9 Å². The highest BCUT2D eigenvalue weighted by atomic mass is 16.7. The summed E-state index contributed by atoms with van der Waals surface area (Å²) >= 11 is 0. The van der Waals surface area contributed by atoms with Gasteiger partial charge in [-0.1, -0.05) is 30.3 Å². The highest BCUT2D eigenvalue weighted by Crippen LogP contribution is 2.43. The van der Waals surface area contributed by atoms with E-state index in [4.69, 9.17) is 9.47 Å². The molecule has 1 unspecified atom stereocenters. The SMILES string of the molecule is CC1Nc2cc3c(cc2N(Cc2ccccc2)C1=O)OCO3. The molecule has 5 heteroatoms. The molecule has 4 rings (SSSR count). The number of benzene rings is 2. The minimum absolute atomic E-state index is 0.0511. The summed E-state index contributed by atoms with van der Waals surface area (Å²) in [5.41, 5.74) is 2.82. The van der Waals surface area contributed by atoms with Crippen LogP contribution in [0.25, 0.3) is 0 Å². The Balaban J connectivity index is 1.76. The van der Waals surface area contributed by atoms with Crippen LogP contribution in [0.15, 0.2) is 42.5 Å². The standard InChI is InChI=1S/C17H16N2O3/c1-11-17(20)19(9-12-5-3-2-4-6-12)14-8-16-15(21-10-22-16)7-13(14)18-11/h2-8,11,18H,9-10H2,1H3. The molecule has 2 heterocycles. The summed E-state index contributed by atoms with van der Waals surface area (Å²) in [5.74, 6) is 1.45. The molecular formula is C17H16N2O3. The fourth-order valence-corrected chi connectivity index (χ4v) is 2.85. The van der Waals surface area contributed by atoms with Crippen LogP contribution in [0.4, 0.5) is 11.4 Å². The summed E-state index contributed by atoms with van der Waals surface area (Å²) in [6, 6.07) is 13.5. The minimum atomic E-state index is -0.267. The Labute approximate surface area is 128 Å². The van der Waals surface area contributed by atoms with Crippen LogP contribution in [0.2, 0.25) is 0 Å². The van der Waals surface area contributed by atoms with Gasteiger partial charge in [-0.2, -0.15) is 0 Å². The molecular weight excluding hydrogens is 280 g/mol. The second kappa shape index (κ2) is 4.94. The summed E-state index contributed by atoms with van der Waals surface area (Å²) in [7, 11) is 0. The molecule has 1 amide bonds. The molecule has 0 saturated heterocycles. The summed E-state index contributed by atoms with van der Waals surface area (Å²) < 4.78 is 10.9. The van der Waals surface area contributed by atoms with Gasteiger partial charge in [0.25, 0.3) is 0 Å². The number of hydrogen-bond donors (Lipinski definition) is 1. The van der Waals surface area contributed by atoms with E-state index < -0.39 is 0 Å². The summed E-state index contributed by atoms with van der Waals surface area (Å²) in [4.78, 5) is 14.4. The van der Waals surface area contributed by atoms with Gasteiger partial charge in [-0.05, 0) is 12.5 Å². The number of anilines is 2. The van der Waals surface area contributed by atoms with Crippen LogP contribution >= 0.6 is 0 Å². The summed E-state index contributed by atoms with van der Waals surface area (Å²) in [6.07, 6.45) is 0. The van der Waals surface area contributed by atoms with E-state index in [1.807, 2.05) is 49.4 Å². The van der Waals surface area contributed by atoms with Gasteiger partial charge in [0.2, 0.25) is 12.7 Å². The van der Waals surface area contributed by atoms with Crippen molar-refractivity contribution in [2.45, 2.75) is 19.5 Å². The zero-order valence-corrected chi connectivity index (χ0v) is 12.2. The van der Waals surface area contributed by atoms with Crippen LogP contribution in [0, 0.1) is 0 Å². The first-order valence-electron chi connectivity index (χ1n) is 7.28. The van der Waals surface area contributed by atoms with Crippen LogP contribution in [0.5, 0.6) is 11.5 Å². The fraction of sp³-hybridized carbons (Fsp3) is 0.235. The van der Waals surface area contributed by atoms with Crippen molar-refractivity contribution < 1.29 is 14.3 Å². The Kier molecular flexibility index (Phi) is 2.92. The van der Waals surface area contributed by atoms with Gasteiger partial charge in [-0.15, -0.1) is 0 Å². The number of hydrogen-bond acceptors (Lipinski definition) is 4. The van der Waals surface area contributed by atoms with Gasteiger partial charge in [-0.3, -0.25) is 4.79 Å². The molecule has 1 atom stereocenters. The molecule has 22 heavy (non-hydrogen) atoms. The average Bonchev–Trinajstić information content (AvgIpc) is 2.98. The summed E-state index contributed by atoms with van der Waals surface area (Å²) in [5, 5.41) is 3.23. The second-order valence-electron chi connectivity index (χ2n) is 5.50. The van der Waals surface area contributed by atoms with Gasteiger partial charge in [0, 0.05) is 12.1 Å². The van der Waals surface area contributed by atoms with E-state index in [9.17, 15) is 4.79 Å². The van der Waals surface area contributed by atoms with Crippen molar-refractivity contribution in [2.75, 3.05) is 17.0 Å². The molecule has 0 spiro atoms. The van der Waals surface area contributed by atoms with Gasteiger partial charge >= 0.3 is 0 Å². The maximum absolute atomic E-state index is 12.6. The van der Waals surface area contributed by atoms with Gasteiger partial charge in [-0.25, -0.2) is 0 Å². The maximum atomic E-state index is 12.6. The first-order chi connectivity index (χ1) is 10.7.